The van der Waals surface area contributed by atoms with Gasteiger partial charge in [0, 0.05) is 12.6 Å². The fourth-order valence-electron chi connectivity index (χ4n) is 2.70. The zero-order valence-corrected chi connectivity index (χ0v) is 18.8. The lowest BCUT2D eigenvalue weighted by atomic mass is 10.1. The van der Waals surface area contributed by atoms with Gasteiger partial charge in [0.1, 0.15) is 23.7 Å². The van der Waals surface area contributed by atoms with E-state index in [-0.39, 0.29) is 24.6 Å². The van der Waals surface area contributed by atoms with Crippen LogP contribution < -0.4 is 10.1 Å². The summed E-state index contributed by atoms with van der Waals surface area (Å²) in [7, 11) is 1.47. The summed E-state index contributed by atoms with van der Waals surface area (Å²) < 4.78 is 16.0. The average Bonchev–Trinajstić information content (AvgIpc) is 3.00. The van der Waals surface area contributed by atoms with Crippen LogP contribution in [0.5, 0.6) is 5.75 Å². The summed E-state index contributed by atoms with van der Waals surface area (Å²) in [4.78, 5) is 37.9. The topological polar surface area (TPSA) is 111 Å². The van der Waals surface area contributed by atoms with E-state index in [1.54, 1.807) is 38.1 Å². The van der Waals surface area contributed by atoms with Gasteiger partial charge in [-0.3, -0.25) is 9.59 Å². The molecule has 9 nitrogen and oxygen atoms in total. The third kappa shape index (κ3) is 7.13. The largest absolute Gasteiger partial charge is 0.488 e. The predicted molar refractivity (Wildman–Crippen MR) is 113 cm³/mol. The van der Waals surface area contributed by atoms with Crippen molar-refractivity contribution in [3.63, 3.8) is 0 Å². The van der Waals surface area contributed by atoms with Crippen LogP contribution in [-0.4, -0.2) is 53.6 Å². The molecule has 0 aliphatic rings. The molecule has 0 spiro atoms. The maximum Gasteiger partial charge on any atom is 0.342 e. The van der Waals surface area contributed by atoms with Gasteiger partial charge in [0.15, 0.2) is 6.61 Å². The highest BCUT2D eigenvalue weighted by atomic mass is 16.5. The zero-order valence-electron chi connectivity index (χ0n) is 18.8. The SMILES string of the molecule is Cc1noc(C)c1COc1ccccc1C(=O)OCC(=O)N(C)CC(=O)NC(C)(C)C. The fraction of sp³-hybridized carbons (Fsp3) is 0.455. The van der Waals surface area contributed by atoms with Crippen molar-refractivity contribution in [1.82, 2.24) is 15.4 Å². The number of hydrogen-bond donors (Lipinski definition) is 1. The van der Waals surface area contributed by atoms with E-state index >= 15 is 0 Å². The summed E-state index contributed by atoms with van der Waals surface area (Å²) in [6, 6.07) is 6.59. The van der Waals surface area contributed by atoms with E-state index in [2.05, 4.69) is 10.5 Å². The minimum Gasteiger partial charge on any atom is -0.488 e. The number of aryl methyl sites for hydroxylation is 2. The standard InChI is InChI=1S/C22H29N3O6/c1-14-17(15(2)31-24-14)12-29-18-10-8-7-9-16(18)21(28)30-13-20(27)25(6)11-19(26)23-22(3,4)5/h7-10H,11-13H2,1-6H3,(H,23,26). The molecule has 0 fully saturated rings. The van der Waals surface area contributed by atoms with Gasteiger partial charge in [0.25, 0.3) is 5.91 Å². The Hall–Kier alpha value is -3.36. The molecule has 31 heavy (non-hydrogen) atoms. The molecule has 2 aromatic rings. The number of ether oxygens (including phenoxy) is 2. The van der Waals surface area contributed by atoms with Crippen molar-refractivity contribution in [3.8, 4) is 5.75 Å². The van der Waals surface area contributed by atoms with Crippen molar-refractivity contribution >= 4 is 17.8 Å². The molecule has 2 rings (SSSR count). The third-order valence-electron chi connectivity index (χ3n) is 4.31. The summed E-state index contributed by atoms with van der Waals surface area (Å²) >= 11 is 0. The van der Waals surface area contributed by atoms with Crippen LogP contribution >= 0.6 is 0 Å². The Morgan fingerprint density at radius 1 is 1.16 bits per heavy atom. The van der Waals surface area contributed by atoms with Gasteiger partial charge in [-0.1, -0.05) is 17.3 Å². The van der Waals surface area contributed by atoms with E-state index < -0.39 is 24.0 Å². The van der Waals surface area contributed by atoms with Crippen LogP contribution in [-0.2, 0) is 20.9 Å². The van der Waals surface area contributed by atoms with Crippen molar-refractivity contribution in [1.29, 1.82) is 0 Å². The Morgan fingerprint density at radius 2 is 1.84 bits per heavy atom. The minimum absolute atomic E-state index is 0.134. The number of hydrogen-bond acceptors (Lipinski definition) is 7. The maximum atomic E-state index is 12.5. The Labute approximate surface area is 181 Å². The molecule has 0 saturated carbocycles. The van der Waals surface area contributed by atoms with E-state index in [1.807, 2.05) is 20.8 Å². The summed E-state index contributed by atoms with van der Waals surface area (Å²) in [5.74, 6) is -0.533. The van der Waals surface area contributed by atoms with Gasteiger partial charge in [-0.25, -0.2) is 4.79 Å². The summed E-state index contributed by atoms with van der Waals surface area (Å²) in [6.45, 7) is 8.68. The number of esters is 1. The number of nitrogens with zero attached hydrogens (tertiary/aromatic N) is 2. The number of amides is 2. The first-order chi connectivity index (χ1) is 14.5. The first-order valence-electron chi connectivity index (χ1n) is 9.83. The molecule has 2 amide bonds. The highest BCUT2D eigenvalue weighted by Crippen LogP contribution is 2.22. The Balaban J connectivity index is 1.93. The lowest BCUT2D eigenvalue weighted by molar-refractivity contribution is -0.137. The van der Waals surface area contributed by atoms with Crippen molar-refractivity contribution in [3.05, 3.63) is 46.8 Å². The number of aromatic nitrogens is 1. The van der Waals surface area contributed by atoms with E-state index in [0.717, 1.165) is 5.56 Å². The lowest BCUT2D eigenvalue weighted by Crippen LogP contribution is -2.46. The van der Waals surface area contributed by atoms with Gasteiger partial charge < -0.3 is 24.2 Å². The smallest absolute Gasteiger partial charge is 0.342 e. The maximum absolute atomic E-state index is 12.5. The normalized spacial score (nSPS) is 11.0. The fourth-order valence-corrected chi connectivity index (χ4v) is 2.70. The van der Waals surface area contributed by atoms with E-state index in [4.69, 9.17) is 14.0 Å². The van der Waals surface area contributed by atoms with Crippen LogP contribution in [0.4, 0.5) is 0 Å². The average molecular weight is 431 g/mol. The highest BCUT2D eigenvalue weighted by Gasteiger charge is 2.20. The van der Waals surface area contributed by atoms with E-state index in [9.17, 15) is 14.4 Å². The molecule has 1 aromatic carbocycles. The van der Waals surface area contributed by atoms with Crippen LogP contribution in [0.15, 0.2) is 28.8 Å². The quantitative estimate of drug-likeness (QED) is 0.639. The van der Waals surface area contributed by atoms with Crippen LogP contribution in [0.25, 0.3) is 0 Å². The summed E-state index contributed by atoms with van der Waals surface area (Å²) in [6.07, 6.45) is 0. The number of nitrogens with one attached hydrogen (secondary N) is 1. The molecule has 0 radical (unpaired) electrons. The first-order valence-corrected chi connectivity index (χ1v) is 9.83. The van der Waals surface area contributed by atoms with Crippen molar-refractivity contribution in [2.75, 3.05) is 20.2 Å². The number of carbonyl (C=O) groups is 3. The molecule has 0 aliphatic carbocycles. The molecule has 0 saturated heterocycles. The monoisotopic (exact) mass is 431 g/mol. The number of benzene rings is 1. The van der Waals surface area contributed by atoms with Crippen molar-refractivity contribution in [2.24, 2.45) is 0 Å². The van der Waals surface area contributed by atoms with Crippen molar-refractivity contribution in [2.45, 2.75) is 46.8 Å². The van der Waals surface area contributed by atoms with Gasteiger partial charge in [0.05, 0.1) is 17.8 Å². The van der Waals surface area contributed by atoms with Crippen LogP contribution in [0.3, 0.4) is 0 Å². The number of likely N-dealkylation sites (N-methyl/N-ethyl adjacent to an activating group) is 1. The van der Waals surface area contributed by atoms with Gasteiger partial charge >= 0.3 is 5.97 Å². The second-order valence-corrected chi connectivity index (χ2v) is 8.21. The molecule has 0 unspecified atom stereocenters. The van der Waals surface area contributed by atoms with Gasteiger partial charge in [0.2, 0.25) is 5.91 Å². The second kappa shape index (κ2) is 10.1. The second-order valence-electron chi connectivity index (χ2n) is 8.21. The van der Waals surface area contributed by atoms with Gasteiger partial charge in [-0.05, 0) is 46.8 Å². The van der Waals surface area contributed by atoms with Gasteiger partial charge in [-0.15, -0.1) is 0 Å². The molecule has 1 N–H and O–H groups in total. The summed E-state index contributed by atoms with van der Waals surface area (Å²) in [5.41, 5.74) is 1.30. The number of rotatable bonds is 8. The Morgan fingerprint density at radius 3 is 2.45 bits per heavy atom. The van der Waals surface area contributed by atoms with Crippen molar-refractivity contribution < 1.29 is 28.4 Å². The molecular formula is C22H29N3O6. The Kier molecular flexibility index (Phi) is 7.79. The van der Waals surface area contributed by atoms with E-state index in [1.165, 1.54) is 11.9 Å². The molecule has 1 heterocycles. The molecule has 0 atom stereocenters. The first kappa shape index (κ1) is 23.9. The van der Waals surface area contributed by atoms with Crippen LogP contribution in [0.2, 0.25) is 0 Å². The summed E-state index contributed by atoms with van der Waals surface area (Å²) in [5, 5.41) is 6.64. The lowest BCUT2D eigenvalue weighted by Gasteiger charge is -2.23. The molecule has 0 bridgehead atoms. The zero-order chi connectivity index (χ0) is 23.2. The number of carbonyl (C=O) groups excluding carboxylic acids is 3. The highest BCUT2D eigenvalue weighted by molar-refractivity contribution is 5.94. The van der Waals surface area contributed by atoms with Crippen LogP contribution in [0, 0.1) is 13.8 Å². The number of para-hydroxylation sites is 1. The van der Waals surface area contributed by atoms with Crippen LogP contribution in [0.1, 0.15) is 48.1 Å². The molecule has 0 aliphatic heterocycles. The molecule has 168 valence electrons. The predicted octanol–water partition coefficient (Wildman–Crippen LogP) is 2.40. The minimum atomic E-state index is -0.699. The molecular weight excluding hydrogens is 402 g/mol. The van der Waals surface area contributed by atoms with E-state index in [0.29, 0.717) is 17.2 Å². The molecule has 1 aromatic heterocycles. The molecule has 9 heteroatoms. The van der Waals surface area contributed by atoms with Gasteiger partial charge in [-0.2, -0.15) is 0 Å². The third-order valence-corrected chi connectivity index (χ3v) is 4.31. The Bertz CT molecular complexity index is 925.